The van der Waals surface area contributed by atoms with Crippen molar-refractivity contribution in [2.75, 3.05) is 13.7 Å². The first kappa shape index (κ1) is 19.0. The quantitative estimate of drug-likeness (QED) is 0.751. The van der Waals surface area contributed by atoms with E-state index in [2.05, 4.69) is 36.1 Å². The van der Waals surface area contributed by atoms with Crippen LogP contribution in [0, 0.1) is 12.3 Å². The van der Waals surface area contributed by atoms with E-state index in [0.717, 1.165) is 11.3 Å². The van der Waals surface area contributed by atoms with Crippen molar-refractivity contribution in [2.45, 2.75) is 40.2 Å². The summed E-state index contributed by atoms with van der Waals surface area (Å²) in [5, 5.41) is 12.4. The first-order valence-corrected chi connectivity index (χ1v) is 8.36. The van der Waals surface area contributed by atoms with Gasteiger partial charge < -0.3 is 20.1 Å². The predicted molar refractivity (Wildman–Crippen MR) is 97.7 cm³/mol. The molecule has 1 heterocycles. The molecule has 0 saturated heterocycles. The minimum absolute atomic E-state index is 0.00699. The monoisotopic (exact) mass is 345 g/mol. The van der Waals surface area contributed by atoms with E-state index in [1.54, 1.807) is 7.11 Å². The first-order valence-electron chi connectivity index (χ1n) is 8.36. The number of aliphatic hydroxyl groups is 1. The Morgan fingerprint density at radius 2 is 2.12 bits per heavy atom. The van der Waals surface area contributed by atoms with Gasteiger partial charge in [-0.05, 0) is 30.9 Å². The molecule has 0 aliphatic heterocycles. The predicted octanol–water partition coefficient (Wildman–Crippen LogP) is 2.92. The summed E-state index contributed by atoms with van der Waals surface area (Å²) in [5.41, 5.74) is 1.87. The van der Waals surface area contributed by atoms with Crippen molar-refractivity contribution in [3.05, 3.63) is 35.7 Å². The van der Waals surface area contributed by atoms with Crippen molar-refractivity contribution in [1.29, 1.82) is 0 Å². The van der Waals surface area contributed by atoms with Crippen LogP contribution in [0.15, 0.2) is 24.3 Å². The summed E-state index contributed by atoms with van der Waals surface area (Å²) in [5.74, 6) is 1.05. The van der Waals surface area contributed by atoms with Crippen molar-refractivity contribution in [3.8, 4) is 17.1 Å². The van der Waals surface area contributed by atoms with Crippen LogP contribution in [0.1, 0.15) is 43.4 Å². The van der Waals surface area contributed by atoms with Crippen LogP contribution in [-0.4, -0.2) is 40.7 Å². The molecule has 1 amide bonds. The molecule has 1 atom stereocenters. The fourth-order valence-electron chi connectivity index (χ4n) is 2.74. The standard InChI is InChI=1S/C19H27N3O3/c1-12-16(18(24)21-14(11-23)10-19(2,3)4)22-17(20-12)13-7-6-8-15(9-13)25-5/h6-9,14,23H,10-11H2,1-5H3,(H,20,22)(H,21,24). The van der Waals surface area contributed by atoms with Crippen LogP contribution >= 0.6 is 0 Å². The zero-order valence-corrected chi connectivity index (χ0v) is 15.5. The van der Waals surface area contributed by atoms with Crippen molar-refractivity contribution in [3.63, 3.8) is 0 Å². The molecule has 2 aromatic rings. The lowest BCUT2D eigenvalue weighted by Gasteiger charge is -2.25. The number of H-pyrrole nitrogens is 1. The summed E-state index contributed by atoms with van der Waals surface area (Å²) >= 11 is 0. The Kier molecular flexibility index (Phi) is 5.85. The number of imidazole rings is 1. The number of hydrogen-bond donors (Lipinski definition) is 3. The highest BCUT2D eigenvalue weighted by molar-refractivity contribution is 5.94. The lowest BCUT2D eigenvalue weighted by Crippen LogP contribution is -2.40. The number of rotatable bonds is 6. The maximum absolute atomic E-state index is 12.6. The summed E-state index contributed by atoms with van der Waals surface area (Å²) < 4.78 is 5.23. The van der Waals surface area contributed by atoms with Gasteiger partial charge in [0.1, 0.15) is 17.3 Å². The Morgan fingerprint density at radius 3 is 2.72 bits per heavy atom. The van der Waals surface area contributed by atoms with Crippen LogP contribution in [0.5, 0.6) is 5.75 Å². The summed E-state index contributed by atoms with van der Waals surface area (Å²) in [7, 11) is 1.61. The fourth-order valence-corrected chi connectivity index (χ4v) is 2.74. The maximum Gasteiger partial charge on any atom is 0.272 e. The molecule has 136 valence electrons. The van der Waals surface area contributed by atoms with Crippen LogP contribution in [0.25, 0.3) is 11.4 Å². The molecule has 0 fully saturated rings. The third kappa shape index (κ3) is 5.06. The first-order chi connectivity index (χ1) is 11.7. The number of aryl methyl sites for hydroxylation is 1. The summed E-state index contributed by atoms with van der Waals surface area (Å²) in [4.78, 5) is 20.1. The van der Waals surface area contributed by atoms with Crippen molar-refractivity contribution in [1.82, 2.24) is 15.3 Å². The molecule has 0 saturated carbocycles. The highest BCUT2D eigenvalue weighted by Crippen LogP contribution is 2.23. The maximum atomic E-state index is 12.6. The van der Waals surface area contributed by atoms with E-state index in [-0.39, 0.29) is 24.0 Å². The number of aromatic nitrogens is 2. The normalized spacial score (nSPS) is 12.7. The smallest absolute Gasteiger partial charge is 0.272 e. The largest absolute Gasteiger partial charge is 0.497 e. The van der Waals surface area contributed by atoms with Crippen LogP contribution in [-0.2, 0) is 0 Å². The van der Waals surface area contributed by atoms with E-state index in [0.29, 0.717) is 23.6 Å². The van der Waals surface area contributed by atoms with E-state index in [9.17, 15) is 9.90 Å². The van der Waals surface area contributed by atoms with Crippen molar-refractivity contribution >= 4 is 5.91 Å². The van der Waals surface area contributed by atoms with Crippen molar-refractivity contribution in [2.24, 2.45) is 5.41 Å². The van der Waals surface area contributed by atoms with Gasteiger partial charge in [-0.25, -0.2) is 4.98 Å². The number of aliphatic hydroxyl groups excluding tert-OH is 1. The Bertz CT molecular complexity index is 732. The Labute approximate surface area is 148 Å². The Hall–Kier alpha value is -2.34. The van der Waals surface area contributed by atoms with Gasteiger partial charge in [0, 0.05) is 11.3 Å². The summed E-state index contributed by atoms with van der Waals surface area (Å²) in [6.45, 7) is 7.92. The number of aromatic amines is 1. The number of methoxy groups -OCH3 is 1. The van der Waals surface area contributed by atoms with Gasteiger partial charge >= 0.3 is 0 Å². The van der Waals surface area contributed by atoms with Crippen molar-refractivity contribution < 1.29 is 14.6 Å². The SMILES string of the molecule is COc1cccc(-c2nc(C(=O)NC(CO)CC(C)(C)C)c(C)[nH]2)c1. The number of hydrogen-bond acceptors (Lipinski definition) is 4. The van der Waals surface area contributed by atoms with Crippen LogP contribution < -0.4 is 10.1 Å². The Balaban J connectivity index is 2.19. The van der Waals surface area contributed by atoms with Gasteiger partial charge in [-0.1, -0.05) is 32.9 Å². The second kappa shape index (κ2) is 7.70. The number of benzene rings is 1. The van der Waals surface area contributed by atoms with E-state index in [4.69, 9.17) is 4.74 Å². The Morgan fingerprint density at radius 1 is 1.40 bits per heavy atom. The highest BCUT2D eigenvalue weighted by atomic mass is 16.5. The number of nitrogens with one attached hydrogen (secondary N) is 2. The molecular weight excluding hydrogens is 318 g/mol. The molecule has 0 aliphatic rings. The van der Waals surface area contributed by atoms with Gasteiger partial charge in [-0.3, -0.25) is 4.79 Å². The second-order valence-electron chi connectivity index (χ2n) is 7.41. The molecule has 1 unspecified atom stereocenters. The fraction of sp³-hybridized carbons (Fsp3) is 0.474. The zero-order valence-electron chi connectivity index (χ0n) is 15.5. The number of carbonyl (C=O) groups is 1. The molecule has 25 heavy (non-hydrogen) atoms. The lowest BCUT2D eigenvalue weighted by atomic mass is 9.88. The minimum Gasteiger partial charge on any atom is -0.497 e. The summed E-state index contributed by atoms with van der Waals surface area (Å²) in [6.07, 6.45) is 0.682. The number of carbonyl (C=O) groups excluding carboxylic acids is 1. The van der Waals surface area contributed by atoms with E-state index < -0.39 is 0 Å². The molecule has 0 radical (unpaired) electrons. The average molecular weight is 345 g/mol. The number of ether oxygens (including phenoxy) is 1. The molecule has 0 aliphatic carbocycles. The summed E-state index contributed by atoms with van der Waals surface area (Å²) in [6, 6.07) is 7.18. The van der Waals surface area contributed by atoms with Crippen LogP contribution in [0.4, 0.5) is 0 Å². The molecule has 3 N–H and O–H groups in total. The van der Waals surface area contributed by atoms with E-state index >= 15 is 0 Å². The molecule has 6 nitrogen and oxygen atoms in total. The van der Waals surface area contributed by atoms with Gasteiger partial charge in [0.05, 0.1) is 19.8 Å². The molecule has 0 spiro atoms. The lowest BCUT2D eigenvalue weighted by molar-refractivity contribution is 0.0892. The third-order valence-corrected chi connectivity index (χ3v) is 3.86. The molecule has 6 heteroatoms. The second-order valence-corrected chi connectivity index (χ2v) is 7.41. The molecular formula is C19H27N3O3. The molecule has 1 aromatic heterocycles. The van der Waals surface area contributed by atoms with Gasteiger partial charge in [0.15, 0.2) is 0 Å². The topological polar surface area (TPSA) is 87.2 Å². The average Bonchev–Trinajstić information content (AvgIpc) is 2.95. The third-order valence-electron chi connectivity index (χ3n) is 3.86. The van der Waals surface area contributed by atoms with Gasteiger partial charge in [-0.2, -0.15) is 0 Å². The minimum atomic E-state index is -0.302. The zero-order chi connectivity index (χ0) is 18.6. The van der Waals surface area contributed by atoms with E-state index in [1.807, 2.05) is 31.2 Å². The van der Waals surface area contributed by atoms with Gasteiger partial charge in [0.25, 0.3) is 5.91 Å². The molecule has 2 rings (SSSR count). The number of nitrogens with zero attached hydrogens (tertiary/aromatic N) is 1. The van der Waals surface area contributed by atoms with Crippen LogP contribution in [0.2, 0.25) is 0 Å². The number of amides is 1. The van der Waals surface area contributed by atoms with Gasteiger partial charge in [-0.15, -0.1) is 0 Å². The van der Waals surface area contributed by atoms with Crippen LogP contribution in [0.3, 0.4) is 0 Å². The highest BCUT2D eigenvalue weighted by Gasteiger charge is 2.23. The van der Waals surface area contributed by atoms with E-state index in [1.165, 1.54) is 0 Å². The molecule has 0 bridgehead atoms. The van der Waals surface area contributed by atoms with Gasteiger partial charge in [0.2, 0.25) is 0 Å². The molecule has 1 aromatic carbocycles.